The highest BCUT2D eigenvalue weighted by molar-refractivity contribution is 5.94. The Hall–Kier alpha value is -3.43. The summed E-state index contributed by atoms with van der Waals surface area (Å²) in [6.07, 6.45) is -1.60. The number of pyridine rings is 1. The molecule has 1 aromatic carbocycles. The second-order valence-corrected chi connectivity index (χ2v) is 7.21. The van der Waals surface area contributed by atoms with Crippen LogP contribution < -0.4 is 4.74 Å². The minimum Gasteiger partial charge on any atom is -0.497 e. The van der Waals surface area contributed by atoms with Crippen LogP contribution >= 0.6 is 0 Å². The first-order chi connectivity index (χ1) is 14.8. The van der Waals surface area contributed by atoms with Crippen molar-refractivity contribution in [1.82, 2.24) is 20.0 Å². The zero-order chi connectivity index (χ0) is 22.0. The highest BCUT2D eigenvalue weighted by atomic mass is 19.4. The quantitative estimate of drug-likeness (QED) is 0.615. The van der Waals surface area contributed by atoms with Gasteiger partial charge in [0, 0.05) is 42.0 Å². The fraction of sp³-hybridized carbons (Fsp3) is 0.333. The van der Waals surface area contributed by atoms with Crippen LogP contribution in [0.4, 0.5) is 13.2 Å². The Bertz CT molecular complexity index is 1070. The Balaban J connectivity index is 1.47. The standard InChI is InChI=1S/C21H19F3N4O3/c1-30-16-6-2-4-13(10-16)19(29)28-9-3-5-15(12-28)17-8-7-14(11-25-17)18-26-20(31-27-18)21(22,23)24/h2,4,6-8,10-11,15H,3,5,9,12H2,1H3. The van der Waals surface area contributed by atoms with E-state index in [9.17, 15) is 18.0 Å². The van der Waals surface area contributed by atoms with Crippen molar-refractivity contribution in [2.75, 3.05) is 20.2 Å². The van der Waals surface area contributed by atoms with Gasteiger partial charge in [-0.15, -0.1) is 0 Å². The number of aromatic nitrogens is 3. The molecule has 10 heteroatoms. The molecule has 0 N–H and O–H groups in total. The summed E-state index contributed by atoms with van der Waals surface area (Å²) in [5.41, 5.74) is 1.63. The Morgan fingerprint density at radius 3 is 2.77 bits per heavy atom. The summed E-state index contributed by atoms with van der Waals surface area (Å²) in [6.45, 7) is 1.15. The molecule has 0 bridgehead atoms. The van der Waals surface area contributed by atoms with E-state index in [2.05, 4.69) is 19.6 Å². The van der Waals surface area contributed by atoms with E-state index in [1.165, 1.54) is 6.20 Å². The van der Waals surface area contributed by atoms with Gasteiger partial charge >= 0.3 is 12.1 Å². The molecule has 0 saturated carbocycles. The van der Waals surface area contributed by atoms with Gasteiger partial charge < -0.3 is 14.2 Å². The lowest BCUT2D eigenvalue weighted by Gasteiger charge is -2.32. The maximum Gasteiger partial charge on any atom is 0.471 e. The van der Waals surface area contributed by atoms with Gasteiger partial charge in [-0.2, -0.15) is 18.2 Å². The van der Waals surface area contributed by atoms with Crippen molar-refractivity contribution in [2.45, 2.75) is 24.9 Å². The van der Waals surface area contributed by atoms with Gasteiger partial charge in [0.25, 0.3) is 5.91 Å². The van der Waals surface area contributed by atoms with E-state index in [0.29, 0.717) is 30.0 Å². The molecule has 1 aliphatic heterocycles. The van der Waals surface area contributed by atoms with E-state index < -0.39 is 12.1 Å². The molecule has 31 heavy (non-hydrogen) atoms. The number of halogens is 3. The molecule has 1 amide bonds. The third-order valence-corrected chi connectivity index (χ3v) is 5.16. The topological polar surface area (TPSA) is 81.4 Å². The number of carbonyl (C=O) groups is 1. The van der Waals surface area contributed by atoms with Gasteiger partial charge in [-0.3, -0.25) is 9.78 Å². The first-order valence-electron chi connectivity index (χ1n) is 9.65. The van der Waals surface area contributed by atoms with Gasteiger partial charge in [0.1, 0.15) is 5.75 Å². The maximum absolute atomic E-state index is 12.9. The number of benzene rings is 1. The molecule has 1 unspecified atom stereocenters. The highest BCUT2D eigenvalue weighted by Gasteiger charge is 2.38. The smallest absolute Gasteiger partial charge is 0.471 e. The summed E-state index contributed by atoms with van der Waals surface area (Å²) in [4.78, 5) is 22.4. The van der Waals surface area contributed by atoms with Gasteiger partial charge in [-0.1, -0.05) is 11.2 Å². The number of ether oxygens (including phenoxy) is 1. The normalized spacial score (nSPS) is 16.9. The minimum atomic E-state index is -4.69. The monoisotopic (exact) mass is 432 g/mol. The van der Waals surface area contributed by atoms with Crippen LogP contribution in [0.5, 0.6) is 5.75 Å². The lowest BCUT2D eigenvalue weighted by Crippen LogP contribution is -2.39. The number of alkyl halides is 3. The van der Waals surface area contributed by atoms with Crippen LogP contribution in [0.3, 0.4) is 0 Å². The van der Waals surface area contributed by atoms with Crippen LogP contribution in [0.15, 0.2) is 47.1 Å². The fourth-order valence-electron chi connectivity index (χ4n) is 3.58. The van der Waals surface area contributed by atoms with Crippen molar-refractivity contribution in [1.29, 1.82) is 0 Å². The number of rotatable bonds is 4. The zero-order valence-electron chi connectivity index (χ0n) is 16.6. The number of amides is 1. The number of carbonyl (C=O) groups excluding carboxylic acids is 1. The minimum absolute atomic E-state index is 0.0216. The number of methoxy groups -OCH3 is 1. The van der Waals surface area contributed by atoms with Crippen LogP contribution in [0.25, 0.3) is 11.4 Å². The molecule has 1 atom stereocenters. The summed E-state index contributed by atoms with van der Waals surface area (Å²) in [6, 6.07) is 10.3. The van der Waals surface area contributed by atoms with Crippen LogP contribution in [0, 0.1) is 0 Å². The van der Waals surface area contributed by atoms with E-state index in [0.717, 1.165) is 18.5 Å². The van der Waals surface area contributed by atoms with E-state index in [-0.39, 0.29) is 17.6 Å². The van der Waals surface area contributed by atoms with Crippen LogP contribution in [-0.4, -0.2) is 46.1 Å². The molecule has 3 aromatic rings. The largest absolute Gasteiger partial charge is 0.497 e. The molecule has 162 valence electrons. The average molecular weight is 432 g/mol. The number of likely N-dealkylation sites (tertiary alicyclic amines) is 1. The van der Waals surface area contributed by atoms with Crippen molar-refractivity contribution >= 4 is 5.91 Å². The van der Waals surface area contributed by atoms with Crippen LogP contribution in [0.2, 0.25) is 0 Å². The SMILES string of the molecule is COc1cccc(C(=O)N2CCCC(c3ccc(-c4noc(C(F)(F)F)n4)cn3)C2)c1. The number of nitrogens with zero attached hydrogens (tertiary/aromatic N) is 4. The predicted molar refractivity (Wildman–Crippen MR) is 103 cm³/mol. The lowest BCUT2D eigenvalue weighted by molar-refractivity contribution is -0.159. The summed E-state index contributed by atoms with van der Waals surface area (Å²) in [5, 5.41) is 3.37. The highest BCUT2D eigenvalue weighted by Crippen LogP contribution is 2.31. The zero-order valence-corrected chi connectivity index (χ0v) is 16.6. The number of hydrogen-bond acceptors (Lipinski definition) is 6. The molecule has 1 saturated heterocycles. The Morgan fingerprint density at radius 1 is 1.26 bits per heavy atom. The third-order valence-electron chi connectivity index (χ3n) is 5.16. The van der Waals surface area contributed by atoms with Gasteiger partial charge in [-0.05, 0) is 43.2 Å². The summed E-state index contributed by atoms with van der Waals surface area (Å²) in [5.74, 6) is -1.01. The third kappa shape index (κ3) is 4.52. The first-order valence-corrected chi connectivity index (χ1v) is 9.65. The van der Waals surface area contributed by atoms with E-state index >= 15 is 0 Å². The van der Waals surface area contributed by atoms with Crippen molar-refractivity contribution in [3.8, 4) is 17.1 Å². The van der Waals surface area contributed by atoms with E-state index in [1.807, 2.05) is 0 Å². The predicted octanol–water partition coefficient (Wildman–Crippen LogP) is 4.18. The summed E-state index contributed by atoms with van der Waals surface area (Å²) in [7, 11) is 1.55. The second-order valence-electron chi connectivity index (χ2n) is 7.21. The van der Waals surface area contributed by atoms with Crippen LogP contribution in [0.1, 0.15) is 40.7 Å². The van der Waals surface area contributed by atoms with E-state index in [1.54, 1.807) is 48.4 Å². The number of piperidine rings is 1. The molecule has 3 heterocycles. The maximum atomic E-state index is 12.9. The Labute approximate surface area is 175 Å². The Morgan fingerprint density at radius 2 is 2.10 bits per heavy atom. The van der Waals surface area contributed by atoms with Gasteiger partial charge in [0.2, 0.25) is 5.82 Å². The average Bonchev–Trinajstić information content (AvgIpc) is 3.30. The van der Waals surface area contributed by atoms with Crippen molar-refractivity contribution in [2.24, 2.45) is 0 Å². The van der Waals surface area contributed by atoms with Crippen LogP contribution in [-0.2, 0) is 6.18 Å². The lowest BCUT2D eigenvalue weighted by atomic mass is 9.93. The molecular formula is C21H19F3N4O3. The summed E-state index contributed by atoms with van der Waals surface area (Å²) >= 11 is 0. The summed E-state index contributed by atoms with van der Waals surface area (Å²) < 4.78 is 47.4. The van der Waals surface area contributed by atoms with Crippen molar-refractivity contribution in [3.63, 3.8) is 0 Å². The van der Waals surface area contributed by atoms with Gasteiger partial charge in [-0.25, -0.2) is 0 Å². The van der Waals surface area contributed by atoms with Gasteiger partial charge in [0.05, 0.1) is 7.11 Å². The molecule has 4 rings (SSSR count). The molecule has 1 fully saturated rings. The Kier molecular flexibility index (Phi) is 5.62. The molecule has 0 spiro atoms. The first kappa shape index (κ1) is 20.8. The number of hydrogen-bond donors (Lipinski definition) is 0. The fourth-order valence-corrected chi connectivity index (χ4v) is 3.58. The molecule has 0 radical (unpaired) electrons. The molecule has 2 aromatic heterocycles. The van der Waals surface area contributed by atoms with E-state index in [4.69, 9.17) is 4.74 Å². The molecule has 7 nitrogen and oxygen atoms in total. The molecular weight excluding hydrogens is 413 g/mol. The van der Waals surface area contributed by atoms with Crippen molar-refractivity contribution < 1.29 is 27.2 Å². The molecule has 1 aliphatic rings. The van der Waals surface area contributed by atoms with Gasteiger partial charge in [0.15, 0.2) is 0 Å². The second kappa shape index (κ2) is 8.37. The van der Waals surface area contributed by atoms with Crippen molar-refractivity contribution in [3.05, 3.63) is 59.7 Å². The molecule has 0 aliphatic carbocycles.